The third-order valence-corrected chi connectivity index (χ3v) is 1.96. The van der Waals surface area contributed by atoms with Crippen LogP contribution in [-0.4, -0.2) is 25.2 Å². The lowest BCUT2D eigenvalue weighted by Crippen LogP contribution is -2.14. The van der Waals surface area contributed by atoms with Crippen LogP contribution in [0.15, 0.2) is 24.8 Å². The zero-order valence-corrected chi connectivity index (χ0v) is 8.01. The van der Waals surface area contributed by atoms with Crippen molar-refractivity contribution in [2.45, 2.75) is 6.92 Å². The van der Waals surface area contributed by atoms with Crippen LogP contribution in [0.3, 0.4) is 0 Å². The minimum absolute atomic E-state index is 0.120. The molecule has 0 spiro atoms. The number of carbonyl (C=O) groups excluding carboxylic acids is 1. The summed E-state index contributed by atoms with van der Waals surface area (Å²) in [5, 5.41) is 4.10. The largest absolute Gasteiger partial charge is 0.281 e. The maximum atomic E-state index is 11.8. The molecule has 0 aliphatic rings. The fourth-order valence-corrected chi connectivity index (χ4v) is 1.32. The van der Waals surface area contributed by atoms with Crippen LogP contribution in [0.5, 0.6) is 0 Å². The lowest BCUT2D eigenvalue weighted by Gasteiger charge is -1.99. The molecule has 0 N–H and O–H groups in total. The third kappa shape index (κ3) is 1.32. The normalized spacial score (nSPS) is 10.4. The molecule has 0 aromatic carbocycles. The minimum Gasteiger partial charge on any atom is -0.271 e. The molecule has 5 heteroatoms. The number of nitrogens with zero attached hydrogens (tertiary/aromatic N) is 4. The predicted molar refractivity (Wildman–Crippen MR) is 49.9 cm³/mol. The highest BCUT2D eigenvalue weighted by Gasteiger charge is 2.12. The van der Waals surface area contributed by atoms with Gasteiger partial charge in [-0.15, -0.1) is 0 Å². The van der Waals surface area contributed by atoms with Gasteiger partial charge < -0.3 is 0 Å². The van der Waals surface area contributed by atoms with Gasteiger partial charge >= 0.3 is 0 Å². The lowest BCUT2D eigenvalue weighted by atomic mass is 10.3. The number of carbonyl (C=O) groups is 1. The van der Waals surface area contributed by atoms with Crippen LogP contribution in [0.2, 0.25) is 0 Å². The van der Waals surface area contributed by atoms with Crippen LogP contribution in [0, 0.1) is 6.92 Å². The molecule has 0 fully saturated rings. The van der Waals surface area contributed by atoms with Gasteiger partial charge in [0, 0.05) is 19.4 Å². The van der Waals surface area contributed by atoms with Crippen molar-refractivity contribution in [1.29, 1.82) is 0 Å². The molecule has 72 valence electrons. The summed E-state index contributed by atoms with van der Waals surface area (Å²) in [6.07, 6.45) is 4.66. The second-order valence-corrected chi connectivity index (χ2v) is 3.07. The SMILES string of the molecule is Cc1cc(C(=O)n2ccnc2)n(C)n1. The van der Waals surface area contributed by atoms with Gasteiger partial charge in [0.2, 0.25) is 0 Å². The Labute approximate surface area is 81.0 Å². The fourth-order valence-electron chi connectivity index (χ4n) is 1.32. The first-order valence-electron chi connectivity index (χ1n) is 4.22. The van der Waals surface area contributed by atoms with Gasteiger partial charge in [-0.2, -0.15) is 5.10 Å². The van der Waals surface area contributed by atoms with E-state index in [2.05, 4.69) is 10.1 Å². The van der Waals surface area contributed by atoms with Gasteiger partial charge in [-0.1, -0.05) is 0 Å². The Bertz CT molecular complexity index is 455. The number of imidazole rings is 1. The molecule has 2 aromatic rings. The van der Waals surface area contributed by atoms with E-state index < -0.39 is 0 Å². The van der Waals surface area contributed by atoms with E-state index in [1.54, 1.807) is 30.2 Å². The Balaban J connectivity index is 2.41. The highest BCUT2D eigenvalue weighted by molar-refractivity contribution is 5.94. The average Bonchev–Trinajstić information content (AvgIpc) is 2.73. The zero-order valence-electron chi connectivity index (χ0n) is 8.01. The van der Waals surface area contributed by atoms with Crippen LogP contribution in [0.25, 0.3) is 0 Å². The van der Waals surface area contributed by atoms with Crippen LogP contribution in [-0.2, 0) is 7.05 Å². The quantitative estimate of drug-likeness (QED) is 0.662. The zero-order chi connectivity index (χ0) is 10.1. The maximum Gasteiger partial charge on any atom is 0.281 e. The molecule has 2 heterocycles. The monoisotopic (exact) mass is 190 g/mol. The Morgan fingerprint density at radius 1 is 1.50 bits per heavy atom. The van der Waals surface area contributed by atoms with E-state index in [0.717, 1.165) is 5.69 Å². The van der Waals surface area contributed by atoms with E-state index in [0.29, 0.717) is 5.69 Å². The van der Waals surface area contributed by atoms with Crippen LogP contribution >= 0.6 is 0 Å². The molecule has 0 unspecified atom stereocenters. The second kappa shape index (κ2) is 3.10. The van der Waals surface area contributed by atoms with E-state index in [1.165, 1.54) is 10.9 Å². The smallest absolute Gasteiger partial charge is 0.271 e. The summed E-state index contributed by atoms with van der Waals surface area (Å²) >= 11 is 0. The van der Waals surface area contributed by atoms with Crippen molar-refractivity contribution < 1.29 is 4.79 Å². The molecule has 2 rings (SSSR count). The molecule has 5 nitrogen and oxygen atoms in total. The van der Waals surface area contributed by atoms with E-state index in [9.17, 15) is 4.79 Å². The van der Waals surface area contributed by atoms with Crippen molar-refractivity contribution >= 4 is 5.91 Å². The Kier molecular flexibility index (Phi) is 1.92. The number of rotatable bonds is 1. The summed E-state index contributed by atoms with van der Waals surface area (Å²) in [4.78, 5) is 15.6. The van der Waals surface area contributed by atoms with E-state index in [4.69, 9.17) is 0 Å². The first-order valence-corrected chi connectivity index (χ1v) is 4.22. The standard InChI is InChI=1S/C9H10N4O/c1-7-5-8(12(2)11-7)9(14)13-4-3-10-6-13/h3-6H,1-2H3. The highest BCUT2D eigenvalue weighted by atomic mass is 16.2. The Hall–Kier alpha value is -1.91. The van der Waals surface area contributed by atoms with Crippen molar-refractivity contribution in [2.75, 3.05) is 0 Å². The molecule has 0 atom stereocenters. The summed E-state index contributed by atoms with van der Waals surface area (Å²) in [7, 11) is 1.75. The number of aromatic nitrogens is 4. The van der Waals surface area contributed by atoms with Crippen molar-refractivity contribution in [3.05, 3.63) is 36.2 Å². The molecular formula is C9H10N4O. The van der Waals surface area contributed by atoms with Crippen molar-refractivity contribution in [2.24, 2.45) is 7.05 Å². The first-order chi connectivity index (χ1) is 6.68. The summed E-state index contributed by atoms with van der Waals surface area (Å²) in [6, 6.07) is 1.75. The van der Waals surface area contributed by atoms with Crippen molar-refractivity contribution in [1.82, 2.24) is 19.3 Å². The number of aryl methyl sites for hydroxylation is 2. The van der Waals surface area contributed by atoms with E-state index in [1.807, 2.05) is 6.92 Å². The van der Waals surface area contributed by atoms with Gasteiger partial charge in [-0.3, -0.25) is 14.0 Å². The number of hydrogen-bond donors (Lipinski definition) is 0. The second-order valence-electron chi connectivity index (χ2n) is 3.07. The first kappa shape index (κ1) is 8.68. The molecule has 0 saturated carbocycles. The Morgan fingerprint density at radius 3 is 2.79 bits per heavy atom. The molecule has 0 radical (unpaired) electrons. The molecule has 0 bridgehead atoms. The van der Waals surface area contributed by atoms with Gasteiger partial charge in [0.05, 0.1) is 5.69 Å². The molecule has 0 saturated heterocycles. The molecule has 14 heavy (non-hydrogen) atoms. The molecular weight excluding hydrogens is 180 g/mol. The topological polar surface area (TPSA) is 52.7 Å². The molecule has 0 aliphatic heterocycles. The maximum absolute atomic E-state index is 11.8. The van der Waals surface area contributed by atoms with Gasteiger partial charge in [0.25, 0.3) is 5.91 Å². The lowest BCUT2D eigenvalue weighted by molar-refractivity contribution is 0.0950. The molecule has 0 amide bonds. The van der Waals surface area contributed by atoms with Crippen LogP contribution in [0.1, 0.15) is 16.2 Å². The van der Waals surface area contributed by atoms with Gasteiger partial charge in [0.15, 0.2) is 0 Å². The van der Waals surface area contributed by atoms with E-state index >= 15 is 0 Å². The van der Waals surface area contributed by atoms with Crippen LogP contribution < -0.4 is 0 Å². The summed E-state index contributed by atoms with van der Waals surface area (Å²) in [5.74, 6) is -0.120. The van der Waals surface area contributed by atoms with E-state index in [-0.39, 0.29) is 5.91 Å². The summed E-state index contributed by atoms with van der Waals surface area (Å²) in [6.45, 7) is 1.85. The van der Waals surface area contributed by atoms with Gasteiger partial charge in [-0.25, -0.2) is 4.98 Å². The predicted octanol–water partition coefficient (Wildman–Crippen LogP) is 0.614. The van der Waals surface area contributed by atoms with Crippen molar-refractivity contribution in [3.8, 4) is 0 Å². The molecule has 2 aromatic heterocycles. The summed E-state index contributed by atoms with van der Waals surface area (Å²) < 4.78 is 2.99. The van der Waals surface area contributed by atoms with Gasteiger partial charge in [0.1, 0.15) is 12.0 Å². The van der Waals surface area contributed by atoms with Crippen molar-refractivity contribution in [3.63, 3.8) is 0 Å². The van der Waals surface area contributed by atoms with Crippen LogP contribution in [0.4, 0.5) is 0 Å². The highest BCUT2D eigenvalue weighted by Crippen LogP contribution is 2.04. The number of hydrogen-bond acceptors (Lipinski definition) is 3. The summed E-state index contributed by atoms with van der Waals surface area (Å²) in [5.41, 5.74) is 1.39. The van der Waals surface area contributed by atoms with Gasteiger partial charge in [-0.05, 0) is 13.0 Å². The average molecular weight is 190 g/mol. The minimum atomic E-state index is -0.120. The third-order valence-electron chi connectivity index (χ3n) is 1.96. The Morgan fingerprint density at radius 2 is 2.29 bits per heavy atom. The fraction of sp³-hybridized carbons (Fsp3) is 0.222. The molecule has 0 aliphatic carbocycles.